The lowest BCUT2D eigenvalue weighted by Crippen LogP contribution is -2.47. The summed E-state index contributed by atoms with van der Waals surface area (Å²) in [6, 6.07) is 14.4. The molecule has 3 aromatic rings. The topological polar surface area (TPSA) is 100 Å². The summed E-state index contributed by atoms with van der Waals surface area (Å²) in [6.07, 6.45) is 1.41. The summed E-state index contributed by atoms with van der Waals surface area (Å²) in [5.41, 5.74) is 0.872. The Hall–Kier alpha value is -3.94. The molecule has 1 heterocycles. The number of halogens is 1. The van der Waals surface area contributed by atoms with Crippen LogP contribution in [-0.2, 0) is 4.79 Å². The second-order valence-corrected chi connectivity index (χ2v) is 7.17. The molecule has 1 atom stereocenters. The van der Waals surface area contributed by atoms with Crippen molar-refractivity contribution in [1.29, 1.82) is 0 Å². The number of carbonyl (C=O) groups is 3. The van der Waals surface area contributed by atoms with Crippen LogP contribution in [0.3, 0.4) is 0 Å². The van der Waals surface area contributed by atoms with Gasteiger partial charge in [0.25, 0.3) is 11.8 Å². The first-order chi connectivity index (χ1) is 14.8. The zero-order valence-corrected chi connectivity index (χ0v) is 17.0. The lowest BCUT2D eigenvalue weighted by atomic mass is 10.0. The molecule has 3 amide bonds. The number of hydrogen-bond donors (Lipinski definition) is 3. The zero-order valence-electron chi connectivity index (χ0n) is 17.0. The van der Waals surface area contributed by atoms with Crippen molar-refractivity contribution in [2.75, 3.05) is 10.6 Å². The highest BCUT2D eigenvalue weighted by atomic mass is 19.1. The molecule has 0 fully saturated rings. The molecule has 3 rings (SSSR count). The molecule has 0 saturated carbocycles. The molecule has 8 heteroatoms. The molecule has 0 spiro atoms. The highest BCUT2D eigenvalue weighted by Gasteiger charge is 2.25. The van der Waals surface area contributed by atoms with Crippen LogP contribution in [0.4, 0.5) is 15.8 Å². The van der Waals surface area contributed by atoms with Crippen LogP contribution in [0.2, 0.25) is 0 Å². The lowest BCUT2D eigenvalue weighted by molar-refractivity contribution is -0.118. The van der Waals surface area contributed by atoms with Gasteiger partial charge in [-0.05, 0) is 54.4 Å². The normalized spacial score (nSPS) is 11.6. The number of hydrogen-bond acceptors (Lipinski definition) is 4. The van der Waals surface area contributed by atoms with Gasteiger partial charge in [-0.2, -0.15) is 0 Å². The van der Waals surface area contributed by atoms with E-state index in [0.717, 1.165) is 0 Å². The molecule has 0 saturated heterocycles. The van der Waals surface area contributed by atoms with E-state index in [-0.39, 0.29) is 17.2 Å². The van der Waals surface area contributed by atoms with Gasteiger partial charge in [0.15, 0.2) is 5.76 Å². The zero-order chi connectivity index (χ0) is 22.4. The summed E-state index contributed by atoms with van der Waals surface area (Å²) in [5, 5.41) is 7.99. The maximum absolute atomic E-state index is 13.9. The molecule has 2 aromatic carbocycles. The van der Waals surface area contributed by atoms with E-state index in [4.69, 9.17) is 4.42 Å². The first-order valence-corrected chi connectivity index (χ1v) is 9.66. The highest BCUT2D eigenvalue weighted by Crippen LogP contribution is 2.16. The van der Waals surface area contributed by atoms with Crippen molar-refractivity contribution >= 4 is 29.1 Å². The third-order valence-electron chi connectivity index (χ3n) is 4.51. The van der Waals surface area contributed by atoms with Crippen LogP contribution in [0.15, 0.2) is 71.3 Å². The Morgan fingerprint density at radius 3 is 2.06 bits per heavy atom. The smallest absolute Gasteiger partial charge is 0.291 e. The van der Waals surface area contributed by atoms with Crippen molar-refractivity contribution < 1.29 is 23.2 Å². The van der Waals surface area contributed by atoms with Gasteiger partial charge in [0, 0.05) is 11.4 Å². The van der Waals surface area contributed by atoms with Gasteiger partial charge in [-0.25, -0.2) is 4.39 Å². The van der Waals surface area contributed by atoms with Crippen LogP contribution < -0.4 is 16.0 Å². The number of anilines is 2. The van der Waals surface area contributed by atoms with Crippen molar-refractivity contribution in [3.05, 3.63) is 84.1 Å². The van der Waals surface area contributed by atoms with Crippen molar-refractivity contribution in [2.24, 2.45) is 5.92 Å². The minimum absolute atomic E-state index is 0.127. The first-order valence-electron chi connectivity index (χ1n) is 9.66. The minimum Gasteiger partial charge on any atom is -0.459 e. The second-order valence-electron chi connectivity index (χ2n) is 7.17. The number of nitrogens with one attached hydrogen (secondary N) is 3. The fourth-order valence-electron chi connectivity index (χ4n) is 2.86. The Morgan fingerprint density at radius 2 is 1.48 bits per heavy atom. The third-order valence-corrected chi connectivity index (χ3v) is 4.51. The van der Waals surface area contributed by atoms with E-state index >= 15 is 0 Å². The van der Waals surface area contributed by atoms with E-state index in [0.29, 0.717) is 11.4 Å². The van der Waals surface area contributed by atoms with Gasteiger partial charge >= 0.3 is 0 Å². The quantitative estimate of drug-likeness (QED) is 0.533. The minimum atomic E-state index is -0.870. The fourth-order valence-corrected chi connectivity index (χ4v) is 2.86. The molecule has 1 aromatic heterocycles. The summed E-state index contributed by atoms with van der Waals surface area (Å²) in [7, 11) is 0. The van der Waals surface area contributed by atoms with Gasteiger partial charge in [-0.1, -0.05) is 26.0 Å². The molecule has 0 bridgehead atoms. The first kappa shape index (κ1) is 21.8. The average molecular weight is 423 g/mol. The van der Waals surface area contributed by atoms with Crippen LogP contribution in [0, 0.1) is 11.7 Å². The molecule has 160 valence electrons. The maximum atomic E-state index is 13.9. The molecule has 0 aliphatic carbocycles. The van der Waals surface area contributed by atoms with Crippen LogP contribution in [0.5, 0.6) is 0 Å². The largest absolute Gasteiger partial charge is 0.459 e. The number of benzene rings is 2. The molecule has 0 aliphatic heterocycles. The summed E-state index contributed by atoms with van der Waals surface area (Å²) < 4.78 is 18.9. The molecule has 0 aliphatic rings. The molecular formula is C23H22FN3O4. The van der Waals surface area contributed by atoms with E-state index in [1.54, 1.807) is 56.3 Å². The molecule has 1 unspecified atom stereocenters. The number of furan rings is 1. The highest BCUT2D eigenvalue weighted by molar-refractivity contribution is 6.03. The van der Waals surface area contributed by atoms with Gasteiger partial charge in [0.05, 0.1) is 11.8 Å². The second kappa shape index (κ2) is 9.71. The van der Waals surface area contributed by atoms with E-state index in [9.17, 15) is 18.8 Å². The van der Waals surface area contributed by atoms with Crippen molar-refractivity contribution in [1.82, 2.24) is 5.32 Å². The SMILES string of the molecule is CC(C)C(NC(=O)c1ccccc1F)C(=O)Nc1ccc(NC(=O)c2ccco2)cc1. The van der Waals surface area contributed by atoms with Crippen molar-refractivity contribution in [2.45, 2.75) is 19.9 Å². The Labute approximate surface area is 178 Å². The lowest BCUT2D eigenvalue weighted by Gasteiger charge is -2.22. The van der Waals surface area contributed by atoms with Crippen LogP contribution >= 0.6 is 0 Å². The Morgan fingerprint density at radius 1 is 0.839 bits per heavy atom. The standard InChI is InChI=1S/C23H22FN3O4/c1-14(2)20(27-21(28)17-6-3-4-7-18(17)24)23(30)26-16-11-9-15(10-12-16)25-22(29)19-8-5-13-31-19/h3-14,20H,1-2H3,(H,25,29)(H,26,30)(H,27,28). The summed E-state index contributed by atoms with van der Waals surface area (Å²) in [5.74, 6) is -2.20. The third kappa shape index (κ3) is 5.57. The monoisotopic (exact) mass is 423 g/mol. The predicted molar refractivity (Wildman–Crippen MR) is 114 cm³/mol. The summed E-state index contributed by atoms with van der Waals surface area (Å²) in [4.78, 5) is 37.1. The van der Waals surface area contributed by atoms with E-state index in [2.05, 4.69) is 16.0 Å². The van der Waals surface area contributed by atoms with Crippen molar-refractivity contribution in [3.63, 3.8) is 0 Å². The number of rotatable bonds is 7. The average Bonchev–Trinajstić information content (AvgIpc) is 3.28. The van der Waals surface area contributed by atoms with E-state index in [1.165, 1.54) is 24.5 Å². The van der Waals surface area contributed by atoms with Gasteiger partial charge < -0.3 is 20.4 Å². The molecule has 7 nitrogen and oxygen atoms in total. The Balaban J connectivity index is 1.63. The summed E-state index contributed by atoms with van der Waals surface area (Å²) in [6.45, 7) is 3.55. The van der Waals surface area contributed by atoms with Crippen LogP contribution in [-0.4, -0.2) is 23.8 Å². The van der Waals surface area contributed by atoms with Gasteiger partial charge in [-0.15, -0.1) is 0 Å². The fraction of sp³-hybridized carbons (Fsp3) is 0.174. The molecular weight excluding hydrogens is 401 g/mol. The van der Waals surface area contributed by atoms with Crippen LogP contribution in [0.25, 0.3) is 0 Å². The van der Waals surface area contributed by atoms with Crippen molar-refractivity contribution in [3.8, 4) is 0 Å². The van der Waals surface area contributed by atoms with Gasteiger partial charge in [0.1, 0.15) is 11.9 Å². The molecule has 0 radical (unpaired) electrons. The molecule has 31 heavy (non-hydrogen) atoms. The molecule has 3 N–H and O–H groups in total. The van der Waals surface area contributed by atoms with Gasteiger partial charge in [-0.3, -0.25) is 14.4 Å². The summed E-state index contributed by atoms with van der Waals surface area (Å²) >= 11 is 0. The van der Waals surface area contributed by atoms with Gasteiger partial charge in [0.2, 0.25) is 5.91 Å². The predicted octanol–water partition coefficient (Wildman–Crippen LogP) is 4.06. The number of carbonyl (C=O) groups excluding carboxylic acids is 3. The maximum Gasteiger partial charge on any atom is 0.291 e. The Kier molecular flexibility index (Phi) is 6.81. The Bertz CT molecular complexity index is 1060. The van der Waals surface area contributed by atoms with E-state index in [1.807, 2.05) is 0 Å². The van der Waals surface area contributed by atoms with E-state index < -0.39 is 29.6 Å². The number of amides is 3. The van der Waals surface area contributed by atoms with Crippen LogP contribution in [0.1, 0.15) is 34.8 Å².